The molecule has 0 aromatic rings. The first kappa shape index (κ1) is 14.9. The summed E-state index contributed by atoms with van der Waals surface area (Å²) in [6, 6.07) is 0. The van der Waals surface area contributed by atoms with Gasteiger partial charge in [-0.25, -0.2) is 0 Å². The smallest absolute Gasteiger partial charge is 0.158 e. The third-order valence-electron chi connectivity index (χ3n) is 2.38. The lowest BCUT2D eigenvalue weighted by molar-refractivity contribution is -0.253. The van der Waals surface area contributed by atoms with Crippen LogP contribution in [-0.2, 0) is 14.2 Å². The zero-order chi connectivity index (χ0) is 11.8. The van der Waals surface area contributed by atoms with Gasteiger partial charge in [0.15, 0.2) is 12.6 Å². The number of ether oxygens (including phenoxy) is 3. The van der Waals surface area contributed by atoms with E-state index >= 15 is 0 Å². The summed E-state index contributed by atoms with van der Waals surface area (Å²) >= 11 is 0. The van der Waals surface area contributed by atoms with Crippen LogP contribution in [0.5, 0.6) is 0 Å². The summed E-state index contributed by atoms with van der Waals surface area (Å²) in [5.74, 6) is 0. The highest BCUT2D eigenvalue weighted by Crippen LogP contribution is 2.09. The van der Waals surface area contributed by atoms with Crippen LogP contribution in [0.15, 0.2) is 0 Å². The van der Waals surface area contributed by atoms with Gasteiger partial charge in [0, 0.05) is 0 Å². The average molecular weight is 218 g/mol. The van der Waals surface area contributed by atoms with E-state index in [1.54, 1.807) is 0 Å². The van der Waals surface area contributed by atoms with Gasteiger partial charge in [-0.05, 0) is 40.5 Å². The lowest BCUT2D eigenvalue weighted by atomic mass is 10.3. The normalized spacial score (nSPS) is 19.6. The van der Waals surface area contributed by atoms with Gasteiger partial charge in [-0.3, -0.25) is 0 Å². The molecule has 0 radical (unpaired) electrons. The maximum Gasteiger partial charge on any atom is 0.158 e. The first-order valence-electron chi connectivity index (χ1n) is 5.95. The molecule has 4 atom stereocenters. The zero-order valence-electron chi connectivity index (χ0n) is 10.9. The van der Waals surface area contributed by atoms with Crippen LogP contribution in [0.1, 0.15) is 54.4 Å². The number of rotatable bonds is 8. The molecule has 0 spiro atoms. The van der Waals surface area contributed by atoms with E-state index in [1.165, 1.54) is 0 Å². The van der Waals surface area contributed by atoms with E-state index in [0.717, 1.165) is 12.8 Å². The molecule has 0 aliphatic heterocycles. The van der Waals surface area contributed by atoms with Crippen molar-refractivity contribution in [2.45, 2.75) is 79.2 Å². The maximum absolute atomic E-state index is 5.58. The molecule has 0 heterocycles. The molecule has 0 amide bonds. The van der Waals surface area contributed by atoms with Crippen molar-refractivity contribution in [3.05, 3.63) is 0 Å². The molecule has 0 aliphatic rings. The van der Waals surface area contributed by atoms with Gasteiger partial charge in [0.1, 0.15) is 0 Å². The fraction of sp³-hybridized carbons (Fsp3) is 1.00. The molecule has 0 aliphatic carbocycles. The highest BCUT2D eigenvalue weighted by molar-refractivity contribution is 4.48. The molecule has 0 aromatic carbocycles. The molecule has 4 unspecified atom stereocenters. The maximum atomic E-state index is 5.58. The van der Waals surface area contributed by atoms with E-state index in [1.807, 2.05) is 27.7 Å². The van der Waals surface area contributed by atoms with Crippen molar-refractivity contribution in [1.29, 1.82) is 0 Å². The van der Waals surface area contributed by atoms with Crippen LogP contribution in [-0.4, -0.2) is 24.8 Å². The molecule has 0 saturated carbocycles. The van der Waals surface area contributed by atoms with Crippen molar-refractivity contribution >= 4 is 0 Å². The Bertz CT molecular complexity index is 134. The van der Waals surface area contributed by atoms with Crippen molar-refractivity contribution in [3.63, 3.8) is 0 Å². The van der Waals surface area contributed by atoms with Gasteiger partial charge in [-0.2, -0.15) is 0 Å². The summed E-state index contributed by atoms with van der Waals surface area (Å²) in [5.41, 5.74) is 0. The van der Waals surface area contributed by atoms with Crippen LogP contribution in [0.25, 0.3) is 0 Å². The summed E-state index contributed by atoms with van der Waals surface area (Å²) in [6.45, 7) is 12.1. The Labute approximate surface area is 94.1 Å². The highest BCUT2D eigenvalue weighted by atomic mass is 16.8. The van der Waals surface area contributed by atoms with Gasteiger partial charge >= 0.3 is 0 Å². The molecule has 0 fully saturated rings. The molecule has 3 heteroatoms. The largest absolute Gasteiger partial charge is 0.350 e. The van der Waals surface area contributed by atoms with Crippen LogP contribution in [0.4, 0.5) is 0 Å². The monoisotopic (exact) mass is 218 g/mol. The van der Waals surface area contributed by atoms with Crippen LogP contribution < -0.4 is 0 Å². The second-order valence-electron chi connectivity index (χ2n) is 3.98. The molecule has 0 saturated heterocycles. The van der Waals surface area contributed by atoms with E-state index < -0.39 is 0 Å². The van der Waals surface area contributed by atoms with Gasteiger partial charge in [0.05, 0.1) is 12.2 Å². The summed E-state index contributed by atoms with van der Waals surface area (Å²) in [7, 11) is 0. The highest BCUT2D eigenvalue weighted by Gasteiger charge is 2.13. The van der Waals surface area contributed by atoms with Crippen LogP contribution >= 0.6 is 0 Å². The summed E-state index contributed by atoms with van der Waals surface area (Å²) in [5, 5.41) is 0. The second-order valence-corrected chi connectivity index (χ2v) is 3.98. The Hall–Kier alpha value is -0.120. The topological polar surface area (TPSA) is 27.7 Å². The van der Waals surface area contributed by atoms with E-state index in [0.29, 0.717) is 0 Å². The standard InChI is InChI=1S/C12H26O3/c1-7-9(3)13-11(5)15-12(6)14-10(4)8-2/h9-12H,7-8H2,1-6H3. The molecule has 15 heavy (non-hydrogen) atoms. The van der Waals surface area contributed by atoms with E-state index in [-0.39, 0.29) is 24.8 Å². The van der Waals surface area contributed by atoms with Crippen molar-refractivity contribution in [2.24, 2.45) is 0 Å². The molecular weight excluding hydrogens is 192 g/mol. The summed E-state index contributed by atoms with van der Waals surface area (Å²) < 4.78 is 16.7. The van der Waals surface area contributed by atoms with Gasteiger partial charge in [-0.1, -0.05) is 13.8 Å². The SMILES string of the molecule is CCC(C)OC(C)OC(C)OC(C)CC. The van der Waals surface area contributed by atoms with Crippen molar-refractivity contribution in [2.75, 3.05) is 0 Å². The van der Waals surface area contributed by atoms with Gasteiger partial charge in [-0.15, -0.1) is 0 Å². The number of hydrogen-bond acceptors (Lipinski definition) is 3. The Morgan fingerprint density at radius 2 is 1.00 bits per heavy atom. The summed E-state index contributed by atoms with van der Waals surface area (Å²) in [6.07, 6.45) is 2.03. The van der Waals surface area contributed by atoms with Crippen molar-refractivity contribution < 1.29 is 14.2 Å². The predicted octanol–water partition coefficient (Wildman–Crippen LogP) is 3.33. The number of hydrogen-bond donors (Lipinski definition) is 0. The minimum atomic E-state index is -0.209. The van der Waals surface area contributed by atoms with Crippen molar-refractivity contribution in [1.82, 2.24) is 0 Å². The molecule has 0 aromatic heterocycles. The molecule has 3 nitrogen and oxygen atoms in total. The molecular formula is C12H26O3. The minimum Gasteiger partial charge on any atom is -0.350 e. The molecule has 0 bridgehead atoms. The molecule has 92 valence electrons. The Morgan fingerprint density at radius 3 is 1.27 bits per heavy atom. The Balaban J connectivity index is 3.70. The van der Waals surface area contributed by atoms with Gasteiger partial charge < -0.3 is 14.2 Å². The fourth-order valence-electron chi connectivity index (χ4n) is 1.18. The summed E-state index contributed by atoms with van der Waals surface area (Å²) in [4.78, 5) is 0. The molecule has 0 N–H and O–H groups in total. The van der Waals surface area contributed by atoms with Crippen molar-refractivity contribution in [3.8, 4) is 0 Å². The third kappa shape index (κ3) is 7.77. The Morgan fingerprint density at radius 1 is 0.667 bits per heavy atom. The van der Waals surface area contributed by atoms with Crippen LogP contribution in [0, 0.1) is 0 Å². The first-order valence-corrected chi connectivity index (χ1v) is 5.95. The second kappa shape index (κ2) is 8.08. The lowest BCUT2D eigenvalue weighted by Gasteiger charge is -2.24. The quantitative estimate of drug-likeness (QED) is 0.585. The van der Waals surface area contributed by atoms with Gasteiger partial charge in [0.2, 0.25) is 0 Å². The van der Waals surface area contributed by atoms with Crippen LogP contribution in [0.3, 0.4) is 0 Å². The van der Waals surface area contributed by atoms with E-state index in [9.17, 15) is 0 Å². The fourth-order valence-corrected chi connectivity index (χ4v) is 1.18. The first-order chi connectivity index (χ1) is 6.99. The van der Waals surface area contributed by atoms with E-state index in [4.69, 9.17) is 14.2 Å². The Kier molecular flexibility index (Phi) is 8.02. The average Bonchev–Trinajstić information content (AvgIpc) is 2.16. The minimum absolute atomic E-state index is 0.209. The van der Waals surface area contributed by atoms with E-state index in [2.05, 4.69) is 13.8 Å². The van der Waals surface area contributed by atoms with Gasteiger partial charge in [0.25, 0.3) is 0 Å². The third-order valence-corrected chi connectivity index (χ3v) is 2.38. The zero-order valence-corrected chi connectivity index (χ0v) is 10.9. The lowest BCUT2D eigenvalue weighted by Crippen LogP contribution is -2.27. The predicted molar refractivity (Wildman–Crippen MR) is 61.7 cm³/mol. The van der Waals surface area contributed by atoms with Crippen LogP contribution in [0.2, 0.25) is 0 Å². The molecule has 0 rings (SSSR count).